The molecule has 2 aromatic rings. The van der Waals surface area contributed by atoms with Gasteiger partial charge >= 0.3 is 0 Å². The van der Waals surface area contributed by atoms with Gasteiger partial charge in [-0.15, -0.1) is 0 Å². The summed E-state index contributed by atoms with van der Waals surface area (Å²) in [5.41, 5.74) is 2.52. The molecule has 2 aromatic carbocycles. The molecule has 0 aliphatic rings. The van der Waals surface area contributed by atoms with Gasteiger partial charge in [0.1, 0.15) is 5.75 Å². The zero-order valence-electron chi connectivity index (χ0n) is 17.1. The number of methoxy groups -OCH3 is 1. The number of benzene rings is 2. The summed E-state index contributed by atoms with van der Waals surface area (Å²) in [6.07, 6.45) is 0.190. The van der Waals surface area contributed by atoms with E-state index in [1.165, 1.54) is 6.92 Å². The van der Waals surface area contributed by atoms with Crippen LogP contribution in [0.3, 0.4) is 0 Å². The van der Waals surface area contributed by atoms with Gasteiger partial charge in [-0.2, -0.15) is 0 Å². The van der Waals surface area contributed by atoms with Gasteiger partial charge in [0.2, 0.25) is 11.8 Å². The number of anilines is 3. The van der Waals surface area contributed by atoms with Crippen LogP contribution in [0.2, 0.25) is 0 Å². The first kappa shape index (κ1) is 21.3. The van der Waals surface area contributed by atoms with Crippen molar-refractivity contribution in [2.24, 2.45) is 0 Å². The monoisotopic (exact) mass is 383 g/mol. The summed E-state index contributed by atoms with van der Waals surface area (Å²) in [4.78, 5) is 28.3. The fourth-order valence-electron chi connectivity index (χ4n) is 3.07. The number of hydrogen-bond donors (Lipinski definition) is 1. The third-order valence-electron chi connectivity index (χ3n) is 4.61. The molecule has 0 aliphatic carbocycles. The van der Waals surface area contributed by atoms with Crippen molar-refractivity contribution in [3.8, 4) is 5.75 Å². The molecule has 0 heterocycles. The van der Waals surface area contributed by atoms with Gasteiger partial charge in [0, 0.05) is 44.4 Å². The number of nitrogens with zero attached hydrogens (tertiary/aromatic N) is 2. The van der Waals surface area contributed by atoms with Gasteiger partial charge in [0.15, 0.2) is 0 Å². The average Bonchev–Trinajstić information content (AvgIpc) is 2.70. The van der Waals surface area contributed by atoms with E-state index in [0.29, 0.717) is 18.0 Å². The number of hydrogen-bond acceptors (Lipinski definition) is 4. The Balaban J connectivity index is 2.03. The van der Waals surface area contributed by atoms with E-state index in [0.717, 1.165) is 24.5 Å². The zero-order valence-corrected chi connectivity index (χ0v) is 17.1. The molecule has 0 radical (unpaired) electrons. The van der Waals surface area contributed by atoms with Crippen molar-refractivity contribution in [2.75, 3.05) is 41.9 Å². The predicted molar refractivity (Wildman–Crippen MR) is 114 cm³/mol. The Bertz CT molecular complexity index is 786. The van der Waals surface area contributed by atoms with Crippen LogP contribution in [-0.4, -0.2) is 38.6 Å². The topological polar surface area (TPSA) is 61.9 Å². The average molecular weight is 383 g/mol. The predicted octanol–water partition coefficient (Wildman–Crippen LogP) is 3.92. The van der Waals surface area contributed by atoms with E-state index in [-0.39, 0.29) is 18.2 Å². The van der Waals surface area contributed by atoms with Crippen LogP contribution in [0.5, 0.6) is 5.75 Å². The van der Waals surface area contributed by atoms with E-state index in [4.69, 9.17) is 4.74 Å². The van der Waals surface area contributed by atoms with Crippen LogP contribution >= 0.6 is 0 Å². The Labute approximate surface area is 167 Å². The summed E-state index contributed by atoms with van der Waals surface area (Å²) in [7, 11) is 1.56. The SMILES string of the molecule is CCN(CC)c1ccc(N(CCC(=O)Nc2ccccc2OC)C(C)=O)cc1. The number of nitrogens with one attached hydrogen (secondary N) is 1. The third-order valence-corrected chi connectivity index (χ3v) is 4.61. The fraction of sp³-hybridized carbons (Fsp3) is 0.364. The van der Waals surface area contributed by atoms with Crippen LogP contribution in [0.25, 0.3) is 0 Å². The van der Waals surface area contributed by atoms with Crippen LogP contribution < -0.4 is 19.9 Å². The Morgan fingerprint density at radius 2 is 1.57 bits per heavy atom. The maximum Gasteiger partial charge on any atom is 0.226 e. The van der Waals surface area contributed by atoms with Gasteiger partial charge in [-0.05, 0) is 50.2 Å². The van der Waals surface area contributed by atoms with E-state index in [2.05, 4.69) is 24.1 Å². The molecule has 0 spiro atoms. The van der Waals surface area contributed by atoms with Crippen molar-refractivity contribution < 1.29 is 14.3 Å². The Hall–Kier alpha value is -3.02. The normalized spacial score (nSPS) is 10.3. The summed E-state index contributed by atoms with van der Waals surface area (Å²) in [6.45, 7) is 7.89. The summed E-state index contributed by atoms with van der Waals surface area (Å²) >= 11 is 0. The lowest BCUT2D eigenvalue weighted by atomic mass is 10.2. The van der Waals surface area contributed by atoms with E-state index in [1.54, 1.807) is 24.1 Å². The molecule has 0 atom stereocenters. The molecule has 6 nitrogen and oxygen atoms in total. The lowest BCUT2D eigenvalue weighted by Crippen LogP contribution is -2.32. The molecule has 0 saturated carbocycles. The van der Waals surface area contributed by atoms with Crippen molar-refractivity contribution in [1.29, 1.82) is 0 Å². The van der Waals surface area contributed by atoms with E-state index in [9.17, 15) is 9.59 Å². The standard InChI is InChI=1S/C22H29N3O3/c1-5-24(6-2)18-11-13-19(14-12-18)25(17(3)26)16-15-22(27)23-20-9-7-8-10-21(20)28-4/h7-14H,5-6,15-16H2,1-4H3,(H,23,27). The molecule has 0 aliphatic heterocycles. The van der Waals surface area contributed by atoms with E-state index in [1.807, 2.05) is 36.4 Å². The highest BCUT2D eigenvalue weighted by atomic mass is 16.5. The molecule has 0 unspecified atom stereocenters. The second kappa shape index (κ2) is 10.3. The summed E-state index contributed by atoms with van der Waals surface area (Å²) in [6, 6.07) is 15.1. The third kappa shape index (κ3) is 5.49. The highest BCUT2D eigenvalue weighted by molar-refractivity contribution is 5.95. The van der Waals surface area contributed by atoms with Crippen molar-refractivity contribution in [2.45, 2.75) is 27.2 Å². The highest BCUT2D eigenvalue weighted by Gasteiger charge is 2.15. The van der Waals surface area contributed by atoms with Gasteiger partial charge < -0.3 is 19.9 Å². The smallest absolute Gasteiger partial charge is 0.226 e. The van der Waals surface area contributed by atoms with Gasteiger partial charge in [0.25, 0.3) is 0 Å². The van der Waals surface area contributed by atoms with Crippen molar-refractivity contribution in [3.05, 3.63) is 48.5 Å². The number of ether oxygens (including phenoxy) is 1. The molecule has 28 heavy (non-hydrogen) atoms. The lowest BCUT2D eigenvalue weighted by molar-refractivity contribution is -0.117. The van der Waals surface area contributed by atoms with Gasteiger partial charge in [-0.25, -0.2) is 0 Å². The first-order valence-electron chi connectivity index (χ1n) is 9.56. The Morgan fingerprint density at radius 3 is 2.14 bits per heavy atom. The van der Waals surface area contributed by atoms with E-state index < -0.39 is 0 Å². The minimum Gasteiger partial charge on any atom is -0.495 e. The minimum atomic E-state index is -0.171. The number of amides is 2. The fourth-order valence-corrected chi connectivity index (χ4v) is 3.07. The van der Waals surface area contributed by atoms with Crippen LogP contribution in [0.4, 0.5) is 17.1 Å². The van der Waals surface area contributed by atoms with Crippen molar-refractivity contribution >= 4 is 28.9 Å². The summed E-state index contributed by atoms with van der Waals surface area (Å²) < 4.78 is 5.25. The Morgan fingerprint density at radius 1 is 0.964 bits per heavy atom. The number of rotatable bonds is 9. The first-order valence-corrected chi connectivity index (χ1v) is 9.56. The molecule has 2 amide bonds. The summed E-state index contributed by atoms with van der Waals surface area (Å²) in [5.74, 6) is 0.336. The highest BCUT2D eigenvalue weighted by Crippen LogP contribution is 2.24. The van der Waals surface area contributed by atoms with Crippen molar-refractivity contribution in [1.82, 2.24) is 0 Å². The largest absolute Gasteiger partial charge is 0.495 e. The number of carbonyl (C=O) groups is 2. The molecular formula is C22H29N3O3. The van der Waals surface area contributed by atoms with E-state index >= 15 is 0 Å². The maximum atomic E-state index is 12.3. The summed E-state index contributed by atoms with van der Waals surface area (Å²) in [5, 5.41) is 2.84. The Kier molecular flexibility index (Phi) is 7.87. The molecule has 2 rings (SSSR count). The zero-order chi connectivity index (χ0) is 20.5. The van der Waals surface area contributed by atoms with Crippen LogP contribution in [0.15, 0.2) is 48.5 Å². The maximum absolute atomic E-state index is 12.3. The van der Waals surface area contributed by atoms with Crippen LogP contribution in [0.1, 0.15) is 27.2 Å². The quantitative estimate of drug-likeness (QED) is 0.713. The number of carbonyl (C=O) groups excluding carboxylic acids is 2. The molecule has 0 bridgehead atoms. The molecule has 1 N–H and O–H groups in total. The lowest BCUT2D eigenvalue weighted by Gasteiger charge is -2.24. The number of para-hydroxylation sites is 2. The van der Waals surface area contributed by atoms with Crippen LogP contribution in [0, 0.1) is 0 Å². The van der Waals surface area contributed by atoms with Crippen molar-refractivity contribution in [3.63, 3.8) is 0 Å². The minimum absolute atomic E-state index is 0.0966. The van der Waals surface area contributed by atoms with Gasteiger partial charge in [-0.3, -0.25) is 9.59 Å². The van der Waals surface area contributed by atoms with Gasteiger partial charge in [-0.1, -0.05) is 12.1 Å². The molecule has 0 aromatic heterocycles. The van der Waals surface area contributed by atoms with Gasteiger partial charge in [0.05, 0.1) is 12.8 Å². The molecule has 150 valence electrons. The molecule has 0 fully saturated rings. The first-order chi connectivity index (χ1) is 13.5. The molecular weight excluding hydrogens is 354 g/mol. The van der Waals surface area contributed by atoms with Crippen LogP contribution in [-0.2, 0) is 9.59 Å². The molecule has 0 saturated heterocycles. The second-order valence-corrected chi connectivity index (χ2v) is 6.36. The second-order valence-electron chi connectivity index (χ2n) is 6.36. The molecule has 6 heteroatoms.